The Morgan fingerprint density at radius 3 is 2.70 bits per heavy atom. The average Bonchev–Trinajstić information content (AvgIpc) is 2.65. The van der Waals surface area contributed by atoms with E-state index in [4.69, 9.17) is 10.5 Å². The maximum Gasteiger partial charge on any atom is 0.319 e. The van der Waals surface area contributed by atoms with E-state index in [9.17, 15) is 4.79 Å². The van der Waals surface area contributed by atoms with Crippen LogP contribution in [0.2, 0.25) is 0 Å². The molecule has 2 heterocycles. The molecule has 146 valence electrons. The molecule has 2 amide bonds. The van der Waals surface area contributed by atoms with E-state index in [1.54, 1.807) is 24.5 Å². The molecule has 8 heteroatoms. The van der Waals surface area contributed by atoms with E-state index in [2.05, 4.69) is 39.3 Å². The summed E-state index contributed by atoms with van der Waals surface area (Å²) in [5.41, 5.74) is 7.56. The molecule has 4 N–H and O–H groups in total. The Kier molecular flexibility index (Phi) is 8.15. The van der Waals surface area contributed by atoms with Gasteiger partial charge in [0.2, 0.25) is 5.88 Å². The summed E-state index contributed by atoms with van der Waals surface area (Å²) in [5.74, 6) is 0.874. The number of anilines is 3. The fourth-order valence-electron chi connectivity index (χ4n) is 2.61. The van der Waals surface area contributed by atoms with E-state index in [-0.39, 0.29) is 12.6 Å². The number of hydrogen-bond acceptors (Lipinski definition) is 6. The minimum atomic E-state index is -0.315. The zero-order valence-corrected chi connectivity index (χ0v) is 15.9. The summed E-state index contributed by atoms with van der Waals surface area (Å²) in [5, 5.41) is 5.41. The van der Waals surface area contributed by atoms with Crippen LogP contribution in [0.1, 0.15) is 26.7 Å². The molecule has 0 spiro atoms. The summed E-state index contributed by atoms with van der Waals surface area (Å²) >= 11 is 0. The zero-order valence-electron chi connectivity index (χ0n) is 15.9. The molecular weight excluding hydrogens is 344 g/mol. The van der Waals surface area contributed by atoms with Crippen LogP contribution in [0, 0.1) is 0 Å². The first-order chi connectivity index (χ1) is 13.1. The third kappa shape index (κ3) is 7.01. The molecule has 0 fully saturated rings. The first kappa shape index (κ1) is 20.3. The largest absolute Gasteiger partial charge is 0.476 e. The van der Waals surface area contributed by atoms with Gasteiger partial charge in [-0.15, -0.1) is 0 Å². The Morgan fingerprint density at radius 2 is 2.04 bits per heavy atom. The van der Waals surface area contributed by atoms with Crippen molar-refractivity contribution in [1.82, 2.24) is 15.3 Å². The molecule has 0 aliphatic carbocycles. The lowest BCUT2D eigenvalue weighted by Crippen LogP contribution is -2.32. The lowest BCUT2D eigenvalue weighted by Gasteiger charge is -2.24. The second kappa shape index (κ2) is 10.8. The summed E-state index contributed by atoms with van der Waals surface area (Å²) in [4.78, 5) is 22.2. The number of aromatic nitrogens is 2. The summed E-state index contributed by atoms with van der Waals surface area (Å²) in [7, 11) is 0. The third-order valence-electron chi connectivity index (χ3n) is 3.72. The smallest absolute Gasteiger partial charge is 0.319 e. The molecule has 0 aliphatic heterocycles. The summed E-state index contributed by atoms with van der Waals surface area (Å²) < 4.78 is 5.66. The average molecular weight is 372 g/mol. The van der Waals surface area contributed by atoms with Crippen molar-refractivity contribution in [3.05, 3.63) is 36.7 Å². The van der Waals surface area contributed by atoms with Crippen molar-refractivity contribution in [3.63, 3.8) is 0 Å². The highest BCUT2D eigenvalue weighted by Gasteiger charge is 2.09. The van der Waals surface area contributed by atoms with Crippen LogP contribution in [0.5, 0.6) is 5.88 Å². The number of ether oxygens (including phenoxy) is 1. The van der Waals surface area contributed by atoms with Crippen molar-refractivity contribution >= 4 is 23.2 Å². The van der Waals surface area contributed by atoms with Gasteiger partial charge in [0, 0.05) is 37.1 Å². The number of carbonyl (C=O) groups excluding carboxylic acids is 1. The molecule has 0 bridgehead atoms. The Bertz CT molecular complexity index is 705. The summed E-state index contributed by atoms with van der Waals surface area (Å²) in [6.07, 6.45) is 5.32. The minimum Gasteiger partial charge on any atom is -0.476 e. The number of nitrogens with two attached hydrogens (primary N) is 1. The van der Waals surface area contributed by atoms with Crippen LogP contribution in [0.4, 0.5) is 22.0 Å². The number of pyridine rings is 2. The van der Waals surface area contributed by atoms with Crippen molar-refractivity contribution < 1.29 is 9.53 Å². The molecule has 0 saturated heterocycles. The van der Waals surface area contributed by atoms with Gasteiger partial charge in [-0.05, 0) is 25.0 Å². The monoisotopic (exact) mass is 372 g/mol. The number of nitrogens with zero attached hydrogens (tertiary/aromatic N) is 3. The third-order valence-corrected chi connectivity index (χ3v) is 3.72. The quantitative estimate of drug-likeness (QED) is 0.554. The van der Waals surface area contributed by atoms with Gasteiger partial charge >= 0.3 is 6.03 Å². The number of amides is 2. The molecule has 0 aliphatic rings. The van der Waals surface area contributed by atoms with E-state index in [1.165, 1.54) is 0 Å². The Hall–Kier alpha value is -3.03. The highest BCUT2D eigenvalue weighted by atomic mass is 16.5. The van der Waals surface area contributed by atoms with Gasteiger partial charge in [-0.3, -0.25) is 4.98 Å². The second-order valence-corrected chi connectivity index (χ2v) is 6.05. The standard InChI is InChI=1S/C19H28N6O2/c1-3-9-25(10-4-2)16-12-17(20)24-18(13-16)27-11-8-22-19(26)23-15-6-5-7-21-14-15/h5-7,12-14H,3-4,8-11H2,1-2H3,(H2,20,24)(H2,22,23,26). The Labute approximate surface area is 160 Å². The number of urea groups is 1. The number of nitrogen functional groups attached to an aromatic ring is 1. The fraction of sp³-hybridized carbons (Fsp3) is 0.421. The van der Waals surface area contributed by atoms with Crippen LogP contribution in [0.25, 0.3) is 0 Å². The molecule has 0 unspecified atom stereocenters. The van der Waals surface area contributed by atoms with Gasteiger partial charge in [-0.2, -0.15) is 4.98 Å². The lowest BCUT2D eigenvalue weighted by atomic mass is 10.3. The van der Waals surface area contributed by atoms with Gasteiger partial charge in [-0.1, -0.05) is 13.8 Å². The van der Waals surface area contributed by atoms with Gasteiger partial charge in [0.15, 0.2) is 0 Å². The molecule has 0 saturated carbocycles. The van der Waals surface area contributed by atoms with Gasteiger partial charge in [0.1, 0.15) is 12.4 Å². The van der Waals surface area contributed by atoms with Crippen LogP contribution in [-0.2, 0) is 0 Å². The maximum absolute atomic E-state index is 11.8. The van der Waals surface area contributed by atoms with E-state index in [0.717, 1.165) is 31.6 Å². The Balaban J connectivity index is 1.83. The van der Waals surface area contributed by atoms with Gasteiger partial charge < -0.3 is 26.0 Å². The van der Waals surface area contributed by atoms with Gasteiger partial charge in [0.25, 0.3) is 0 Å². The lowest BCUT2D eigenvalue weighted by molar-refractivity contribution is 0.246. The topological polar surface area (TPSA) is 105 Å². The number of rotatable bonds is 10. The first-order valence-electron chi connectivity index (χ1n) is 9.22. The molecular formula is C19H28N6O2. The summed E-state index contributed by atoms with van der Waals surface area (Å²) in [6.45, 7) is 6.82. The minimum absolute atomic E-state index is 0.290. The SMILES string of the molecule is CCCN(CCC)c1cc(N)nc(OCCNC(=O)Nc2cccnc2)c1. The molecule has 2 aromatic heterocycles. The normalized spacial score (nSPS) is 10.3. The maximum atomic E-state index is 11.8. The first-order valence-corrected chi connectivity index (χ1v) is 9.22. The number of nitrogens with one attached hydrogen (secondary N) is 2. The molecule has 8 nitrogen and oxygen atoms in total. The van der Waals surface area contributed by atoms with Crippen molar-refractivity contribution in [1.29, 1.82) is 0 Å². The van der Waals surface area contributed by atoms with Crippen molar-refractivity contribution in [3.8, 4) is 5.88 Å². The molecule has 0 radical (unpaired) electrons. The van der Waals surface area contributed by atoms with Crippen LogP contribution >= 0.6 is 0 Å². The highest BCUT2D eigenvalue weighted by molar-refractivity contribution is 5.88. The zero-order chi connectivity index (χ0) is 19.5. The van der Waals surface area contributed by atoms with Crippen LogP contribution in [-0.4, -0.2) is 42.2 Å². The predicted molar refractivity (Wildman–Crippen MR) is 108 cm³/mol. The van der Waals surface area contributed by atoms with E-state index >= 15 is 0 Å². The van der Waals surface area contributed by atoms with Crippen LogP contribution < -0.4 is 26.0 Å². The number of hydrogen-bond donors (Lipinski definition) is 3. The van der Waals surface area contributed by atoms with Crippen molar-refractivity contribution in [2.75, 3.05) is 42.2 Å². The molecule has 2 rings (SSSR count). The van der Waals surface area contributed by atoms with E-state index in [0.29, 0.717) is 23.9 Å². The van der Waals surface area contributed by atoms with Crippen LogP contribution in [0.15, 0.2) is 36.7 Å². The predicted octanol–water partition coefficient (Wildman–Crippen LogP) is 2.89. The summed E-state index contributed by atoms with van der Waals surface area (Å²) in [6, 6.07) is 6.95. The van der Waals surface area contributed by atoms with E-state index in [1.807, 2.05) is 12.1 Å². The van der Waals surface area contributed by atoms with Crippen molar-refractivity contribution in [2.24, 2.45) is 0 Å². The van der Waals surface area contributed by atoms with Crippen LogP contribution in [0.3, 0.4) is 0 Å². The Morgan fingerprint density at radius 1 is 1.26 bits per heavy atom. The second-order valence-electron chi connectivity index (χ2n) is 6.05. The van der Waals surface area contributed by atoms with E-state index < -0.39 is 0 Å². The molecule has 2 aromatic rings. The van der Waals surface area contributed by atoms with Gasteiger partial charge in [0.05, 0.1) is 18.4 Å². The highest BCUT2D eigenvalue weighted by Crippen LogP contribution is 2.23. The van der Waals surface area contributed by atoms with Gasteiger partial charge in [-0.25, -0.2) is 4.79 Å². The molecule has 0 atom stereocenters. The molecule has 27 heavy (non-hydrogen) atoms. The fourth-order valence-corrected chi connectivity index (χ4v) is 2.61. The number of carbonyl (C=O) groups is 1. The van der Waals surface area contributed by atoms with Crippen molar-refractivity contribution in [2.45, 2.75) is 26.7 Å². The molecule has 0 aromatic carbocycles.